The molecule has 0 aromatic rings. The van der Waals surface area contributed by atoms with Gasteiger partial charge in [-0.3, -0.25) is 4.90 Å². The lowest BCUT2D eigenvalue weighted by Crippen LogP contribution is -2.51. The van der Waals surface area contributed by atoms with E-state index in [1.807, 2.05) is 0 Å². The predicted molar refractivity (Wildman–Crippen MR) is 65.5 cm³/mol. The number of hydrogen-bond acceptors (Lipinski definition) is 4. The summed E-state index contributed by atoms with van der Waals surface area (Å²) in [6, 6.07) is 0.464. The third-order valence-corrected chi connectivity index (χ3v) is 2.81. The van der Waals surface area contributed by atoms with Gasteiger partial charge in [-0.15, -0.1) is 0 Å². The SMILES string of the molecule is CC1COC(CN)CN1CCOC(C)(C)C. The Labute approximate surface area is 99.1 Å². The van der Waals surface area contributed by atoms with Gasteiger partial charge in [0.1, 0.15) is 0 Å². The molecule has 2 unspecified atom stereocenters. The van der Waals surface area contributed by atoms with E-state index in [0.29, 0.717) is 12.6 Å². The summed E-state index contributed by atoms with van der Waals surface area (Å²) in [6.07, 6.45) is 0.186. The summed E-state index contributed by atoms with van der Waals surface area (Å²) in [4.78, 5) is 2.40. The summed E-state index contributed by atoms with van der Waals surface area (Å²) in [6.45, 7) is 12.5. The highest BCUT2D eigenvalue weighted by Gasteiger charge is 2.25. The number of nitrogens with two attached hydrogens (primary N) is 1. The fraction of sp³-hybridized carbons (Fsp3) is 1.00. The number of hydrogen-bond donors (Lipinski definition) is 1. The molecule has 4 nitrogen and oxygen atoms in total. The smallest absolute Gasteiger partial charge is 0.0824 e. The second-order valence-electron chi connectivity index (χ2n) is 5.50. The fourth-order valence-corrected chi connectivity index (χ4v) is 1.80. The van der Waals surface area contributed by atoms with E-state index in [-0.39, 0.29) is 11.7 Å². The van der Waals surface area contributed by atoms with Crippen molar-refractivity contribution < 1.29 is 9.47 Å². The average molecular weight is 230 g/mol. The number of morpholine rings is 1. The molecule has 4 heteroatoms. The van der Waals surface area contributed by atoms with E-state index in [0.717, 1.165) is 26.3 Å². The van der Waals surface area contributed by atoms with Crippen LogP contribution < -0.4 is 5.73 Å². The molecule has 1 fully saturated rings. The minimum atomic E-state index is -0.0528. The van der Waals surface area contributed by atoms with Gasteiger partial charge in [-0.1, -0.05) is 0 Å². The van der Waals surface area contributed by atoms with Gasteiger partial charge in [0.15, 0.2) is 0 Å². The van der Waals surface area contributed by atoms with E-state index >= 15 is 0 Å². The molecule has 0 radical (unpaired) electrons. The zero-order valence-corrected chi connectivity index (χ0v) is 11.0. The fourth-order valence-electron chi connectivity index (χ4n) is 1.80. The molecule has 0 amide bonds. The molecule has 96 valence electrons. The summed E-state index contributed by atoms with van der Waals surface area (Å²) in [5.41, 5.74) is 5.57. The predicted octanol–water partition coefficient (Wildman–Crippen LogP) is 0.849. The van der Waals surface area contributed by atoms with Crippen LogP contribution >= 0.6 is 0 Å². The molecular weight excluding hydrogens is 204 g/mol. The van der Waals surface area contributed by atoms with Gasteiger partial charge >= 0.3 is 0 Å². The maximum Gasteiger partial charge on any atom is 0.0824 e. The zero-order chi connectivity index (χ0) is 12.2. The van der Waals surface area contributed by atoms with Crippen molar-refractivity contribution in [2.45, 2.75) is 45.4 Å². The summed E-state index contributed by atoms with van der Waals surface area (Å²) in [5, 5.41) is 0. The molecule has 16 heavy (non-hydrogen) atoms. The van der Waals surface area contributed by atoms with Crippen LogP contribution in [0.15, 0.2) is 0 Å². The van der Waals surface area contributed by atoms with Gasteiger partial charge in [-0.05, 0) is 27.7 Å². The van der Waals surface area contributed by atoms with Crippen molar-refractivity contribution in [3.63, 3.8) is 0 Å². The standard InChI is InChI=1S/C12H26N2O2/c1-10-9-15-11(7-13)8-14(10)5-6-16-12(2,3)4/h10-11H,5-9,13H2,1-4H3. The molecule has 2 N–H and O–H groups in total. The molecule has 0 aliphatic carbocycles. The van der Waals surface area contributed by atoms with Crippen molar-refractivity contribution in [2.24, 2.45) is 5.73 Å². The van der Waals surface area contributed by atoms with Gasteiger partial charge in [0.25, 0.3) is 0 Å². The number of ether oxygens (including phenoxy) is 2. The van der Waals surface area contributed by atoms with Crippen molar-refractivity contribution in [1.82, 2.24) is 4.90 Å². The largest absolute Gasteiger partial charge is 0.375 e. The maximum atomic E-state index is 5.74. The Kier molecular flexibility index (Phi) is 5.18. The first kappa shape index (κ1) is 13.9. The third kappa shape index (κ3) is 4.78. The molecule has 0 aromatic heterocycles. The van der Waals surface area contributed by atoms with Crippen LogP contribution in [0, 0.1) is 0 Å². The van der Waals surface area contributed by atoms with Gasteiger partial charge in [0.2, 0.25) is 0 Å². The van der Waals surface area contributed by atoms with Crippen molar-refractivity contribution in [2.75, 3.05) is 32.8 Å². The maximum absolute atomic E-state index is 5.74. The first-order valence-electron chi connectivity index (χ1n) is 6.12. The van der Waals surface area contributed by atoms with Crippen molar-refractivity contribution >= 4 is 0 Å². The second kappa shape index (κ2) is 5.96. The number of nitrogens with zero attached hydrogens (tertiary/aromatic N) is 1. The Balaban J connectivity index is 2.28. The summed E-state index contributed by atoms with van der Waals surface area (Å²) < 4.78 is 11.3. The molecule has 1 aliphatic heterocycles. The second-order valence-corrected chi connectivity index (χ2v) is 5.50. The number of rotatable bonds is 4. The molecule has 1 rings (SSSR count). The van der Waals surface area contributed by atoms with E-state index in [9.17, 15) is 0 Å². The van der Waals surface area contributed by atoms with Crippen LogP contribution in [-0.2, 0) is 9.47 Å². The lowest BCUT2D eigenvalue weighted by molar-refractivity contribution is -0.0732. The normalized spacial score (nSPS) is 28.3. The Bertz CT molecular complexity index is 204. The van der Waals surface area contributed by atoms with Gasteiger partial charge in [0, 0.05) is 25.7 Å². The van der Waals surface area contributed by atoms with Gasteiger partial charge in [-0.25, -0.2) is 0 Å². The Morgan fingerprint density at radius 3 is 2.69 bits per heavy atom. The molecule has 2 atom stereocenters. The van der Waals surface area contributed by atoms with Gasteiger partial charge in [0.05, 0.1) is 24.9 Å². The molecular formula is C12H26N2O2. The topological polar surface area (TPSA) is 47.7 Å². The molecule has 0 aromatic carbocycles. The first-order valence-corrected chi connectivity index (χ1v) is 6.12. The molecule has 0 spiro atoms. The van der Waals surface area contributed by atoms with E-state index in [2.05, 4.69) is 32.6 Å². The zero-order valence-electron chi connectivity index (χ0n) is 11.0. The lowest BCUT2D eigenvalue weighted by atomic mass is 10.2. The Morgan fingerprint density at radius 2 is 2.12 bits per heavy atom. The van der Waals surface area contributed by atoms with Crippen LogP contribution in [0.25, 0.3) is 0 Å². The highest BCUT2D eigenvalue weighted by molar-refractivity contribution is 4.78. The Hall–Kier alpha value is -0.160. The van der Waals surface area contributed by atoms with E-state index in [4.69, 9.17) is 15.2 Å². The van der Waals surface area contributed by atoms with E-state index in [1.165, 1.54) is 0 Å². The summed E-state index contributed by atoms with van der Waals surface area (Å²) in [5.74, 6) is 0. The van der Waals surface area contributed by atoms with Gasteiger partial charge in [-0.2, -0.15) is 0 Å². The van der Waals surface area contributed by atoms with Crippen LogP contribution in [-0.4, -0.2) is 55.5 Å². The van der Waals surface area contributed by atoms with Crippen LogP contribution in [0.1, 0.15) is 27.7 Å². The van der Waals surface area contributed by atoms with Crippen LogP contribution in [0.5, 0.6) is 0 Å². The van der Waals surface area contributed by atoms with Crippen molar-refractivity contribution in [3.05, 3.63) is 0 Å². The quantitative estimate of drug-likeness (QED) is 0.778. The average Bonchev–Trinajstić information content (AvgIpc) is 2.19. The van der Waals surface area contributed by atoms with Crippen LogP contribution in [0.3, 0.4) is 0 Å². The molecule has 0 saturated carbocycles. The third-order valence-electron chi connectivity index (χ3n) is 2.81. The van der Waals surface area contributed by atoms with Crippen LogP contribution in [0.2, 0.25) is 0 Å². The monoisotopic (exact) mass is 230 g/mol. The minimum Gasteiger partial charge on any atom is -0.375 e. The van der Waals surface area contributed by atoms with E-state index < -0.39 is 0 Å². The van der Waals surface area contributed by atoms with E-state index in [1.54, 1.807) is 0 Å². The highest BCUT2D eigenvalue weighted by atomic mass is 16.5. The van der Waals surface area contributed by atoms with Crippen molar-refractivity contribution in [1.29, 1.82) is 0 Å². The van der Waals surface area contributed by atoms with Gasteiger partial charge < -0.3 is 15.2 Å². The summed E-state index contributed by atoms with van der Waals surface area (Å²) >= 11 is 0. The van der Waals surface area contributed by atoms with Crippen LogP contribution in [0.4, 0.5) is 0 Å². The molecule has 1 aliphatic rings. The van der Waals surface area contributed by atoms with Crippen molar-refractivity contribution in [3.8, 4) is 0 Å². The molecule has 1 heterocycles. The minimum absolute atomic E-state index is 0.0528. The lowest BCUT2D eigenvalue weighted by Gasteiger charge is -2.38. The summed E-state index contributed by atoms with van der Waals surface area (Å²) in [7, 11) is 0. The Morgan fingerprint density at radius 1 is 1.44 bits per heavy atom. The molecule has 1 saturated heterocycles. The molecule has 0 bridgehead atoms. The first-order chi connectivity index (χ1) is 7.42. The highest BCUT2D eigenvalue weighted by Crippen LogP contribution is 2.12.